The van der Waals surface area contributed by atoms with Gasteiger partial charge in [0.25, 0.3) is 0 Å². The molecule has 0 heterocycles. The average Bonchev–Trinajstić information content (AvgIpc) is 1.84. The SMILES string of the molecule is C=CCC(CBr)C[Si](C)(C)C. The van der Waals surface area contributed by atoms with Crippen molar-refractivity contribution in [2.45, 2.75) is 32.1 Å². The number of hydrogen-bond acceptors (Lipinski definition) is 0. The highest BCUT2D eigenvalue weighted by Gasteiger charge is 2.18. The van der Waals surface area contributed by atoms with Gasteiger partial charge in [-0.2, -0.15) is 0 Å². The van der Waals surface area contributed by atoms with Gasteiger partial charge in [-0.05, 0) is 12.3 Å². The van der Waals surface area contributed by atoms with E-state index < -0.39 is 8.07 Å². The highest BCUT2D eigenvalue weighted by Crippen LogP contribution is 2.21. The Morgan fingerprint density at radius 2 is 2.00 bits per heavy atom. The minimum atomic E-state index is -0.856. The molecular weight excluding hydrogens is 216 g/mol. The second-order valence-electron chi connectivity index (χ2n) is 4.31. The summed E-state index contributed by atoms with van der Waals surface area (Å²) in [5.74, 6) is 0.819. The molecule has 0 radical (unpaired) electrons. The Morgan fingerprint density at radius 1 is 1.45 bits per heavy atom. The number of alkyl halides is 1. The lowest BCUT2D eigenvalue weighted by atomic mass is 10.1. The summed E-state index contributed by atoms with van der Waals surface area (Å²) in [6.45, 7) is 11.0. The highest BCUT2D eigenvalue weighted by atomic mass is 79.9. The van der Waals surface area contributed by atoms with Gasteiger partial charge in [0, 0.05) is 13.4 Å². The number of allylic oxidation sites excluding steroid dienone is 1. The van der Waals surface area contributed by atoms with Crippen LogP contribution in [0.5, 0.6) is 0 Å². The fraction of sp³-hybridized carbons (Fsp3) is 0.778. The molecule has 0 aliphatic heterocycles. The third kappa shape index (κ3) is 6.82. The molecule has 66 valence electrons. The fourth-order valence-corrected chi connectivity index (χ4v) is 4.26. The first-order chi connectivity index (χ1) is 4.99. The van der Waals surface area contributed by atoms with Crippen LogP contribution in [0.25, 0.3) is 0 Å². The van der Waals surface area contributed by atoms with Crippen LogP contribution in [0.2, 0.25) is 25.7 Å². The molecule has 2 heteroatoms. The van der Waals surface area contributed by atoms with Gasteiger partial charge in [0.1, 0.15) is 0 Å². The molecule has 0 aromatic carbocycles. The van der Waals surface area contributed by atoms with Crippen molar-refractivity contribution in [1.29, 1.82) is 0 Å². The van der Waals surface area contributed by atoms with Gasteiger partial charge >= 0.3 is 0 Å². The third-order valence-corrected chi connectivity index (χ3v) is 4.34. The molecule has 1 atom stereocenters. The molecule has 0 saturated carbocycles. The van der Waals surface area contributed by atoms with Crippen LogP contribution < -0.4 is 0 Å². The van der Waals surface area contributed by atoms with Gasteiger partial charge in [-0.15, -0.1) is 6.58 Å². The first-order valence-electron chi connectivity index (χ1n) is 4.16. The predicted octanol–water partition coefficient (Wildman–Crippen LogP) is 3.91. The maximum Gasteiger partial charge on any atom is 0.0445 e. The summed E-state index contributed by atoms with van der Waals surface area (Å²) in [6.07, 6.45) is 3.20. The van der Waals surface area contributed by atoms with E-state index >= 15 is 0 Å². The maximum absolute atomic E-state index is 3.77. The van der Waals surface area contributed by atoms with Crippen LogP contribution in [0.3, 0.4) is 0 Å². The van der Waals surface area contributed by atoms with E-state index in [-0.39, 0.29) is 0 Å². The minimum Gasteiger partial charge on any atom is -0.103 e. The summed E-state index contributed by atoms with van der Waals surface area (Å²) < 4.78 is 0. The van der Waals surface area contributed by atoms with Crippen LogP contribution in [-0.2, 0) is 0 Å². The zero-order valence-electron chi connectivity index (χ0n) is 7.86. The molecule has 11 heavy (non-hydrogen) atoms. The monoisotopic (exact) mass is 234 g/mol. The van der Waals surface area contributed by atoms with Crippen molar-refractivity contribution < 1.29 is 0 Å². The standard InChI is InChI=1S/C9H19BrSi/c1-5-6-9(7-10)8-11(2,3)4/h5,9H,1,6-8H2,2-4H3. The van der Waals surface area contributed by atoms with Crippen LogP contribution in [-0.4, -0.2) is 13.4 Å². The molecule has 0 rings (SSSR count). The quantitative estimate of drug-likeness (QED) is 0.385. The average molecular weight is 235 g/mol. The van der Waals surface area contributed by atoms with Gasteiger partial charge < -0.3 is 0 Å². The predicted molar refractivity (Wildman–Crippen MR) is 60.3 cm³/mol. The molecule has 0 aliphatic carbocycles. The molecule has 0 nitrogen and oxygen atoms in total. The second-order valence-corrected chi connectivity index (χ2v) is 10.5. The maximum atomic E-state index is 3.77. The Hall–Kier alpha value is 0.437. The van der Waals surface area contributed by atoms with Crippen LogP contribution in [0.15, 0.2) is 12.7 Å². The lowest BCUT2D eigenvalue weighted by Crippen LogP contribution is -2.24. The van der Waals surface area contributed by atoms with Crippen molar-refractivity contribution in [2.24, 2.45) is 5.92 Å². The van der Waals surface area contributed by atoms with Crippen LogP contribution in [0.1, 0.15) is 6.42 Å². The summed E-state index contributed by atoms with van der Waals surface area (Å²) in [4.78, 5) is 0. The smallest absolute Gasteiger partial charge is 0.0445 e. The lowest BCUT2D eigenvalue weighted by molar-refractivity contribution is 0.669. The Balaban J connectivity index is 3.77. The molecule has 0 N–H and O–H groups in total. The topological polar surface area (TPSA) is 0 Å². The van der Waals surface area contributed by atoms with E-state index in [0.717, 1.165) is 17.7 Å². The van der Waals surface area contributed by atoms with Crippen LogP contribution in [0.4, 0.5) is 0 Å². The second kappa shape index (κ2) is 5.15. The van der Waals surface area contributed by atoms with Gasteiger partial charge in [0.2, 0.25) is 0 Å². The Bertz CT molecular complexity index is 115. The van der Waals surface area contributed by atoms with Crippen LogP contribution in [0, 0.1) is 5.92 Å². The molecule has 0 fully saturated rings. The Labute approximate surface area is 80.2 Å². The summed E-state index contributed by atoms with van der Waals surface area (Å²) in [7, 11) is -0.856. The zero-order chi connectivity index (χ0) is 8.91. The van der Waals surface area contributed by atoms with Crippen molar-refractivity contribution in [3.8, 4) is 0 Å². The van der Waals surface area contributed by atoms with Crippen molar-refractivity contribution in [1.82, 2.24) is 0 Å². The van der Waals surface area contributed by atoms with Gasteiger partial charge in [-0.1, -0.05) is 47.7 Å². The Morgan fingerprint density at radius 3 is 2.27 bits per heavy atom. The first kappa shape index (κ1) is 11.4. The summed E-state index contributed by atoms with van der Waals surface area (Å²) in [5, 5.41) is 1.13. The van der Waals surface area contributed by atoms with Crippen molar-refractivity contribution >= 4 is 24.0 Å². The molecule has 0 spiro atoms. The Kier molecular flexibility index (Phi) is 5.35. The molecule has 1 unspecified atom stereocenters. The van der Waals surface area contributed by atoms with Crippen molar-refractivity contribution in [2.75, 3.05) is 5.33 Å². The normalized spacial score (nSPS) is 14.5. The number of halogens is 1. The van der Waals surface area contributed by atoms with Gasteiger partial charge in [0.05, 0.1) is 0 Å². The van der Waals surface area contributed by atoms with E-state index in [0.29, 0.717) is 0 Å². The molecule has 0 aromatic heterocycles. The van der Waals surface area contributed by atoms with E-state index in [9.17, 15) is 0 Å². The van der Waals surface area contributed by atoms with E-state index in [2.05, 4.69) is 42.1 Å². The summed E-state index contributed by atoms with van der Waals surface area (Å²) >= 11 is 3.54. The minimum absolute atomic E-state index is 0.819. The molecule has 0 saturated heterocycles. The van der Waals surface area contributed by atoms with Gasteiger partial charge in [-0.25, -0.2) is 0 Å². The summed E-state index contributed by atoms with van der Waals surface area (Å²) in [6, 6.07) is 1.41. The lowest BCUT2D eigenvalue weighted by Gasteiger charge is -2.21. The molecule has 0 bridgehead atoms. The molecular formula is C9H19BrSi. The fourth-order valence-electron chi connectivity index (χ4n) is 1.30. The van der Waals surface area contributed by atoms with E-state index in [1.54, 1.807) is 0 Å². The first-order valence-corrected chi connectivity index (χ1v) is 8.99. The summed E-state index contributed by atoms with van der Waals surface area (Å²) in [5.41, 5.74) is 0. The molecule has 0 amide bonds. The number of hydrogen-bond donors (Lipinski definition) is 0. The molecule has 0 aromatic rings. The number of rotatable bonds is 5. The van der Waals surface area contributed by atoms with Crippen molar-refractivity contribution in [3.05, 3.63) is 12.7 Å². The van der Waals surface area contributed by atoms with E-state index in [1.165, 1.54) is 6.04 Å². The van der Waals surface area contributed by atoms with E-state index in [1.807, 2.05) is 6.08 Å². The van der Waals surface area contributed by atoms with Gasteiger partial charge in [-0.3, -0.25) is 0 Å². The largest absolute Gasteiger partial charge is 0.103 e. The van der Waals surface area contributed by atoms with Crippen molar-refractivity contribution in [3.63, 3.8) is 0 Å². The third-order valence-electron chi connectivity index (χ3n) is 1.62. The van der Waals surface area contributed by atoms with Gasteiger partial charge in [0.15, 0.2) is 0 Å². The highest BCUT2D eigenvalue weighted by molar-refractivity contribution is 9.09. The zero-order valence-corrected chi connectivity index (χ0v) is 10.4. The van der Waals surface area contributed by atoms with E-state index in [4.69, 9.17) is 0 Å². The molecule has 0 aliphatic rings. The van der Waals surface area contributed by atoms with Crippen LogP contribution >= 0.6 is 15.9 Å².